The molecule has 0 fully saturated rings. The van der Waals surface area contributed by atoms with Crippen molar-refractivity contribution in [3.05, 3.63) is 68.7 Å². The van der Waals surface area contributed by atoms with Gasteiger partial charge in [0.2, 0.25) is 5.91 Å². The van der Waals surface area contributed by atoms with Crippen LogP contribution in [-0.2, 0) is 10.5 Å². The highest BCUT2D eigenvalue weighted by Crippen LogP contribution is 2.27. The van der Waals surface area contributed by atoms with Gasteiger partial charge in [-0.2, -0.15) is 0 Å². The molecule has 2 aromatic carbocycles. The minimum atomic E-state index is -0.579. The number of thioether (sulfide) groups is 1. The number of carbonyl (C=O) groups is 1. The number of benzene rings is 2. The Balaban J connectivity index is 1.87. The number of nitro groups is 1. The molecule has 0 unspecified atom stereocenters. The number of nitrogens with zero attached hydrogens (tertiary/aromatic N) is 1. The van der Waals surface area contributed by atoms with E-state index < -0.39 is 4.92 Å². The molecule has 0 aliphatic rings. The predicted molar refractivity (Wildman–Crippen MR) is 94.1 cm³/mol. The summed E-state index contributed by atoms with van der Waals surface area (Å²) in [5, 5.41) is 13.5. The normalized spacial score (nSPS) is 10.3. The van der Waals surface area contributed by atoms with Crippen molar-refractivity contribution in [3.63, 3.8) is 0 Å². The smallest absolute Gasteiger partial charge is 0.289 e. The van der Waals surface area contributed by atoms with E-state index in [1.807, 2.05) is 25.1 Å². The Morgan fingerprint density at radius 1 is 1.30 bits per heavy atom. The van der Waals surface area contributed by atoms with Crippen molar-refractivity contribution < 1.29 is 9.72 Å². The molecule has 1 amide bonds. The first-order valence-electron chi connectivity index (χ1n) is 6.83. The lowest BCUT2D eigenvalue weighted by molar-refractivity contribution is -0.384. The maximum absolute atomic E-state index is 11.9. The summed E-state index contributed by atoms with van der Waals surface area (Å²) in [4.78, 5) is 22.1. The van der Waals surface area contributed by atoms with Crippen LogP contribution in [0.4, 0.5) is 11.4 Å². The van der Waals surface area contributed by atoms with Crippen LogP contribution in [0.3, 0.4) is 0 Å². The molecule has 0 bridgehead atoms. The van der Waals surface area contributed by atoms with Gasteiger partial charge in [0.05, 0.1) is 10.7 Å². The minimum absolute atomic E-state index is 0.0434. The summed E-state index contributed by atoms with van der Waals surface area (Å²) in [7, 11) is 0. The van der Waals surface area contributed by atoms with Gasteiger partial charge in [0, 0.05) is 17.5 Å². The van der Waals surface area contributed by atoms with E-state index in [-0.39, 0.29) is 22.4 Å². The second kappa shape index (κ2) is 7.99. The number of nitro benzene ring substituents is 1. The van der Waals surface area contributed by atoms with E-state index in [9.17, 15) is 14.9 Å². The van der Waals surface area contributed by atoms with Crippen molar-refractivity contribution in [2.24, 2.45) is 0 Å². The van der Waals surface area contributed by atoms with Crippen molar-refractivity contribution in [2.75, 3.05) is 11.1 Å². The van der Waals surface area contributed by atoms with Gasteiger partial charge in [-0.25, -0.2) is 0 Å². The average Bonchev–Trinajstić information content (AvgIpc) is 2.49. The number of amides is 1. The van der Waals surface area contributed by atoms with Crippen molar-refractivity contribution in [1.29, 1.82) is 0 Å². The van der Waals surface area contributed by atoms with Crippen molar-refractivity contribution in [3.8, 4) is 0 Å². The van der Waals surface area contributed by atoms with Gasteiger partial charge < -0.3 is 5.32 Å². The van der Waals surface area contributed by atoms with E-state index >= 15 is 0 Å². The minimum Gasteiger partial charge on any atom is -0.325 e. The third-order valence-electron chi connectivity index (χ3n) is 3.01. The third kappa shape index (κ3) is 5.26. The third-order valence-corrected chi connectivity index (χ3v) is 4.33. The van der Waals surface area contributed by atoms with Crippen LogP contribution < -0.4 is 5.32 Å². The van der Waals surface area contributed by atoms with E-state index in [1.54, 1.807) is 6.07 Å². The molecule has 0 saturated carbocycles. The first kappa shape index (κ1) is 17.3. The Kier molecular flexibility index (Phi) is 6.01. The highest BCUT2D eigenvalue weighted by atomic mass is 35.5. The number of hydrogen-bond acceptors (Lipinski definition) is 4. The maximum Gasteiger partial charge on any atom is 0.289 e. The zero-order chi connectivity index (χ0) is 16.8. The molecule has 0 spiro atoms. The van der Waals surface area contributed by atoms with Crippen LogP contribution in [0.15, 0.2) is 42.5 Å². The summed E-state index contributed by atoms with van der Waals surface area (Å²) in [6, 6.07) is 12.3. The Morgan fingerprint density at radius 3 is 2.78 bits per heavy atom. The average molecular weight is 351 g/mol. The molecule has 0 aromatic heterocycles. The quantitative estimate of drug-likeness (QED) is 0.618. The number of aryl methyl sites for hydroxylation is 1. The Bertz CT molecular complexity index is 737. The van der Waals surface area contributed by atoms with Crippen molar-refractivity contribution in [2.45, 2.75) is 12.7 Å². The summed E-state index contributed by atoms with van der Waals surface area (Å²) in [5.41, 5.74) is 2.48. The van der Waals surface area contributed by atoms with Gasteiger partial charge in [-0.3, -0.25) is 14.9 Å². The fourth-order valence-corrected chi connectivity index (χ4v) is 2.95. The summed E-state index contributed by atoms with van der Waals surface area (Å²) in [6.45, 7) is 2.02. The molecule has 7 heteroatoms. The Labute approximate surface area is 143 Å². The van der Waals surface area contributed by atoms with Crippen LogP contribution in [0.1, 0.15) is 11.1 Å². The predicted octanol–water partition coefficient (Wildman–Crippen LogP) is 4.43. The van der Waals surface area contributed by atoms with E-state index in [4.69, 9.17) is 11.6 Å². The Morgan fingerprint density at radius 2 is 2.09 bits per heavy atom. The summed E-state index contributed by atoms with van der Waals surface area (Å²) < 4.78 is 0. The molecule has 0 radical (unpaired) electrons. The van der Waals surface area contributed by atoms with Gasteiger partial charge in [0.15, 0.2) is 0 Å². The highest BCUT2D eigenvalue weighted by Gasteiger charge is 2.13. The standard InChI is InChI=1S/C16H15ClN2O3S/c1-11-3-2-4-12(7-11)9-23-10-16(20)18-13-5-6-14(17)15(8-13)19(21)22/h2-8H,9-10H2,1H3,(H,18,20). The first-order valence-corrected chi connectivity index (χ1v) is 8.36. The van der Waals surface area contributed by atoms with Gasteiger partial charge in [0.25, 0.3) is 5.69 Å². The molecule has 0 heterocycles. The zero-order valence-electron chi connectivity index (χ0n) is 12.4. The molecule has 0 aliphatic heterocycles. The summed E-state index contributed by atoms with van der Waals surface area (Å²) in [6.07, 6.45) is 0. The molecule has 0 aliphatic carbocycles. The van der Waals surface area contributed by atoms with E-state index in [0.717, 1.165) is 11.3 Å². The fraction of sp³-hybridized carbons (Fsp3) is 0.188. The molecule has 2 rings (SSSR count). The molecule has 0 saturated heterocycles. The van der Waals surface area contributed by atoms with E-state index in [0.29, 0.717) is 5.69 Å². The lowest BCUT2D eigenvalue weighted by atomic mass is 10.2. The number of rotatable bonds is 6. The molecule has 23 heavy (non-hydrogen) atoms. The van der Waals surface area contributed by atoms with Crippen LogP contribution in [0.25, 0.3) is 0 Å². The van der Waals surface area contributed by atoms with Gasteiger partial charge in [0.1, 0.15) is 5.02 Å². The molecule has 2 aromatic rings. The van der Waals surface area contributed by atoms with Crippen LogP contribution in [-0.4, -0.2) is 16.6 Å². The number of carbonyl (C=O) groups excluding carboxylic acids is 1. The summed E-state index contributed by atoms with van der Waals surface area (Å²) >= 11 is 7.22. The molecule has 0 atom stereocenters. The molecule has 120 valence electrons. The fourth-order valence-electron chi connectivity index (χ4n) is 1.99. The monoisotopic (exact) mass is 350 g/mol. The zero-order valence-corrected chi connectivity index (χ0v) is 14.0. The van der Waals surface area contributed by atoms with Crippen LogP contribution in [0.5, 0.6) is 0 Å². The number of nitrogens with one attached hydrogen (secondary N) is 1. The molecule has 5 nitrogen and oxygen atoms in total. The van der Waals surface area contributed by atoms with Crippen LogP contribution in [0.2, 0.25) is 5.02 Å². The second-order valence-electron chi connectivity index (χ2n) is 4.95. The first-order chi connectivity index (χ1) is 11.0. The van der Waals surface area contributed by atoms with E-state index in [1.165, 1.54) is 29.5 Å². The number of halogens is 1. The Hall–Kier alpha value is -2.05. The second-order valence-corrected chi connectivity index (χ2v) is 6.35. The van der Waals surface area contributed by atoms with Crippen molar-refractivity contribution >= 4 is 40.6 Å². The SMILES string of the molecule is Cc1cccc(CSCC(=O)Nc2ccc(Cl)c([N+](=O)[O-])c2)c1. The van der Waals surface area contributed by atoms with Gasteiger partial charge in [-0.05, 0) is 24.6 Å². The molecule has 1 N–H and O–H groups in total. The molecular weight excluding hydrogens is 336 g/mol. The van der Waals surface area contributed by atoms with Crippen LogP contribution >= 0.6 is 23.4 Å². The van der Waals surface area contributed by atoms with Gasteiger partial charge in [-0.15, -0.1) is 11.8 Å². The highest BCUT2D eigenvalue weighted by molar-refractivity contribution is 7.99. The van der Waals surface area contributed by atoms with Gasteiger partial charge >= 0.3 is 0 Å². The van der Waals surface area contributed by atoms with Crippen LogP contribution in [0, 0.1) is 17.0 Å². The largest absolute Gasteiger partial charge is 0.325 e. The number of hydrogen-bond donors (Lipinski definition) is 1. The lowest BCUT2D eigenvalue weighted by Gasteiger charge is -2.06. The van der Waals surface area contributed by atoms with Gasteiger partial charge in [-0.1, -0.05) is 41.4 Å². The molecular formula is C16H15ClN2O3S. The topological polar surface area (TPSA) is 72.2 Å². The summed E-state index contributed by atoms with van der Waals surface area (Å²) in [5.74, 6) is 0.791. The number of anilines is 1. The van der Waals surface area contributed by atoms with E-state index in [2.05, 4.69) is 11.4 Å². The lowest BCUT2D eigenvalue weighted by Crippen LogP contribution is -2.14. The maximum atomic E-state index is 11.9. The van der Waals surface area contributed by atoms with Crippen molar-refractivity contribution in [1.82, 2.24) is 0 Å².